The molecule has 0 saturated carbocycles. The van der Waals surface area contributed by atoms with E-state index in [-0.39, 0.29) is 18.2 Å². The number of carbonyl (C=O) groups is 2. The number of aromatic nitrogens is 2. The van der Waals surface area contributed by atoms with Crippen LogP contribution in [0.3, 0.4) is 0 Å². The average molecular weight is 295 g/mol. The molecule has 2 heterocycles. The minimum atomic E-state index is -1.00. The van der Waals surface area contributed by atoms with Crippen LogP contribution in [0.4, 0.5) is 0 Å². The Kier molecular flexibility index (Phi) is 4.39. The van der Waals surface area contributed by atoms with E-state index in [4.69, 9.17) is 5.11 Å². The van der Waals surface area contributed by atoms with Crippen LogP contribution in [0.1, 0.15) is 26.0 Å². The third kappa shape index (κ3) is 3.16. The van der Waals surface area contributed by atoms with Gasteiger partial charge in [-0.05, 0) is 5.92 Å². The van der Waals surface area contributed by atoms with Crippen LogP contribution in [-0.2, 0) is 16.0 Å². The molecule has 108 valence electrons. The van der Waals surface area contributed by atoms with E-state index in [1.807, 2.05) is 29.8 Å². The van der Waals surface area contributed by atoms with Crippen LogP contribution < -0.4 is 5.32 Å². The number of carboxylic acid groups (broad SMARTS) is 1. The first-order valence-corrected chi connectivity index (χ1v) is 7.32. The van der Waals surface area contributed by atoms with Gasteiger partial charge < -0.3 is 10.4 Å². The molecule has 0 aliphatic rings. The van der Waals surface area contributed by atoms with E-state index in [2.05, 4.69) is 10.3 Å². The van der Waals surface area contributed by atoms with Crippen molar-refractivity contribution in [1.29, 1.82) is 0 Å². The molecule has 0 spiro atoms. The number of thiazole rings is 1. The highest BCUT2D eigenvalue weighted by molar-refractivity contribution is 7.15. The van der Waals surface area contributed by atoms with E-state index in [1.54, 1.807) is 6.20 Å². The van der Waals surface area contributed by atoms with Crippen LogP contribution in [0.15, 0.2) is 17.8 Å². The molecule has 7 heteroatoms. The second-order valence-corrected chi connectivity index (χ2v) is 5.64. The Morgan fingerprint density at radius 3 is 2.90 bits per heavy atom. The first-order chi connectivity index (χ1) is 9.51. The Morgan fingerprint density at radius 2 is 2.30 bits per heavy atom. The summed E-state index contributed by atoms with van der Waals surface area (Å²) in [5, 5.41) is 13.6. The number of nitrogens with one attached hydrogen (secondary N) is 1. The van der Waals surface area contributed by atoms with E-state index < -0.39 is 12.0 Å². The number of carbonyl (C=O) groups excluding carboxylic acids is 1. The minimum Gasteiger partial charge on any atom is -0.480 e. The van der Waals surface area contributed by atoms with Crippen LogP contribution in [-0.4, -0.2) is 32.4 Å². The zero-order valence-electron chi connectivity index (χ0n) is 11.4. The minimum absolute atomic E-state index is 0.0919. The van der Waals surface area contributed by atoms with Crippen molar-refractivity contribution >= 4 is 28.2 Å². The van der Waals surface area contributed by atoms with Gasteiger partial charge in [-0.1, -0.05) is 20.3 Å². The maximum atomic E-state index is 11.9. The Bertz CT molecular complexity index is 591. The fraction of sp³-hybridized carbons (Fsp3) is 0.462. The summed E-state index contributed by atoms with van der Waals surface area (Å²) in [6.45, 7) is 3.71. The Balaban J connectivity index is 2.00. The lowest BCUT2D eigenvalue weighted by Gasteiger charge is -2.19. The monoisotopic (exact) mass is 295 g/mol. The van der Waals surface area contributed by atoms with Crippen molar-refractivity contribution in [3.05, 3.63) is 23.5 Å². The third-order valence-electron chi connectivity index (χ3n) is 3.28. The first kappa shape index (κ1) is 14.5. The standard InChI is InChI=1S/C13H17N3O3S/c1-3-8(2)11(12(18)19)15-10(17)6-9-7-16-4-5-20-13(16)14-9/h4-5,7-8,11H,3,6H2,1-2H3,(H,15,17)(H,18,19)/t8?,11-/m0/s1. The van der Waals surface area contributed by atoms with Gasteiger partial charge in [-0.3, -0.25) is 9.20 Å². The van der Waals surface area contributed by atoms with Gasteiger partial charge in [0.25, 0.3) is 0 Å². The molecule has 0 aromatic carbocycles. The molecule has 1 amide bonds. The van der Waals surface area contributed by atoms with Crippen molar-refractivity contribution in [3.8, 4) is 0 Å². The maximum absolute atomic E-state index is 11.9. The van der Waals surface area contributed by atoms with E-state index in [0.29, 0.717) is 12.1 Å². The zero-order valence-corrected chi connectivity index (χ0v) is 12.2. The highest BCUT2D eigenvalue weighted by Gasteiger charge is 2.25. The van der Waals surface area contributed by atoms with Gasteiger partial charge in [-0.15, -0.1) is 11.3 Å². The predicted octanol–water partition coefficient (Wildman–Crippen LogP) is 1.55. The molecule has 0 fully saturated rings. The van der Waals surface area contributed by atoms with Crippen LogP contribution in [0, 0.1) is 5.92 Å². The van der Waals surface area contributed by atoms with Gasteiger partial charge in [0.1, 0.15) is 6.04 Å². The smallest absolute Gasteiger partial charge is 0.326 e. The molecule has 0 aliphatic heterocycles. The number of imidazole rings is 1. The van der Waals surface area contributed by atoms with E-state index >= 15 is 0 Å². The SMILES string of the molecule is CCC(C)[C@H](NC(=O)Cc1cn2ccsc2n1)C(=O)O. The van der Waals surface area contributed by atoms with Gasteiger partial charge in [0.05, 0.1) is 12.1 Å². The van der Waals surface area contributed by atoms with Crippen molar-refractivity contribution in [2.75, 3.05) is 0 Å². The predicted molar refractivity (Wildman–Crippen MR) is 75.8 cm³/mol. The lowest BCUT2D eigenvalue weighted by Crippen LogP contribution is -2.45. The fourth-order valence-electron chi connectivity index (χ4n) is 1.93. The van der Waals surface area contributed by atoms with Crippen LogP contribution in [0.25, 0.3) is 4.96 Å². The maximum Gasteiger partial charge on any atom is 0.326 e. The van der Waals surface area contributed by atoms with E-state index in [9.17, 15) is 9.59 Å². The molecule has 2 aromatic rings. The molecule has 2 aromatic heterocycles. The van der Waals surface area contributed by atoms with Gasteiger partial charge in [-0.25, -0.2) is 9.78 Å². The van der Waals surface area contributed by atoms with Gasteiger partial charge >= 0.3 is 5.97 Å². The second-order valence-electron chi connectivity index (χ2n) is 4.77. The quantitative estimate of drug-likeness (QED) is 0.847. The first-order valence-electron chi connectivity index (χ1n) is 6.44. The number of hydrogen-bond acceptors (Lipinski definition) is 4. The van der Waals surface area contributed by atoms with Crippen LogP contribution >= 0.6 is 11.3 Å². The molecule has 2 N–H and O–H groups in total. The molecule has 0 aliphatic carbocycles. The fourth-order valence-corrected chi connectivity index (χ4v) is 2.65. The molecule has 6 nitrogen and oxygen atoms in total. The highest BCUT2D eigenvalue weighted by atomic mass is 32.1. The zero-order chi connectivity index (χ0) is 14.7. The van der Waals surface area contributed by atoms with Crippen molar-refractivity contribution in [2.24, 2.45) is 5.92 Å². The summed E-state index contributed by atoms with van der Waals surface area (Å²) in [6.07, 6.45) is 4.43. The molecule has 0 bridgehead atoms. The van der Waals surface area contributed by atoms with Gasteiger partial charge in [0, 0.05) is 17.8 Å². The van der Waals surface area contributed by atoms with Crippen molar-refractivity contribution in [1.82, 2.24) is 14.7 Å². The average Bonchev–Trinajstić information content (AvgIpc) is 2.95. The molecular weight excluding hydrogens is 278 g/mol. The van der Waals surface area contributed by atoms with E-state index in [1.165, 1.54) is 11.3 Å². The van der Waals surface area contributed by atoms with Crippen LogP contribution in [0.2, 0.25) is 0 Å². The molecule has 2 rings (SSSR count). The lowest BCUT2D eigenvalue weighted by atomic mass is 9.99. The number of hydrogen-bond donors (Lipinski definition) is 2. The number of aliphatic carboxylic acids is 1. The number of nitrogens with zero attached hydrogens (tertiary/aromatic N) is 2. The Hall–Kier alpha value is -1.89. The summed E-state index contributed by atoms with van der Waals surface area (Å²) in [7, 11) is 0. The Labute approximate surface area is 120 Å². The lowest BCUT2D eigenvalue weighted by molar-refractivity contribution is -0.143. The van der Waals surface area contributed by atoms with Crippen molar-refractivity contribution in [2.45, 2.75) is 32.7 Å². The summed E-state index contributed by atoms with van der Waals surface area (Å²) in [4.78, 5) is 28.2. The van der Waals surface area contributed by atoms with Gasteiger partial charge in [-0.2, -0.15) is 0 Å². The topological polar surface area (TPSA) is 83.7 Å². The number of amides is 1. The highest BCUT2D eigenvalue weighted by Crippen LogP contribution is 2.12. The molecule has 20 heavy (non-hydrogen) atoms. The summed E-state index contributed by atoms with van der Waals surface area (Å²) in [5.74, 6) is -1.43. The summed E-state index contributed by atoms with van der Waals surface area (Å²) in [6, 6.07) is -0.851. The molecular formula is C13H17N3O3S. The Morgan fingerprint density at radius 1 is 1.55 bits per heavy atom. The van der Waals surface area contributed by atoms with Gasteiger partial charge in [0.2, 0.25) is 5.91 Å². The number of carboxylic acids is 1. The largest absolute Gasteiger partial charge is 0.480 e. The second kappa shape index (κ2) is 6.04. The summed E-state index contributed by atoms with van der Waals surface area (Å²) >= 11 is 1.49. The molecule has 1 unspecified atom stereocenters. The third-order valence-corrected chi connectivity index (χ3v) is 4.05. The van der Waals surface area contributed by atoms with E-state index in [0.717, 1.165) is 4.96 Å². The van der Waals surface area contributed by atoms with Crippen molar-refractivity contribution in [3.63, 3.8) is 0 Å². The van der Waals surface area contributed by atoms with Crippen LogP contribution in [0.5, 0.6) is 0 Å². The molecule has 2 atom stereocenters. The number of fused-ring (bicyclic) bond motifs is 1. The summed E-state index contributed by atoms with van der Waals surface area (Å²) < 4.78 is 1.84. The molecule has 0 radical (unpaired) electrons. The van der Waals surface area contributed by atoms with Gasteiger partial charge in [0.15, 0.2) is 4.96 Å². The summed E-state index contributed by atoms with van der Waals surface area (Å²) in [5.41, 5.74) is 0.641. The molecule has 0 saturated heterocycles. The normalized spacial score (nSPS) is 14.1. The van der Waals surface area contributed by atoms with Crippen molar-refractivity contribution < 1.29 is 14.7 Å². The number of rotatable bonds is 6.